The van der Waals surface area contributed by atoms with Crippen LogP contribution in [0.3, 0.4) is 0 Å². The molecule has 3 rings (SSSR count). The molecule has 1 aliphatic rings. The molecule has 0 radical (unpaired) electrons. The number of hydrogen-bond acceptors (Lipinski definition) is 3. The van der Waals surface area contributed by atoms with E-state index >= 15 is 0 Å². The van der Waals surface area contributed by atoms with Gasteiger partial charge in [-0.2, -0.15) is 0 Å². The van der Waals surface area contributed by atoms with Crippen molar-refractivity contribution in [2.75, 3.05) is 11.4 Å². The summed E-state index contributed by atoms with van der Waals surface area (Å²) < 4.78 is 0. The quantitative estimate of drug-likeness (QED) is 0.870. The van der Waals surface area contributed by atoms with E-state index in [-0.39, 0.29) is 16.7 Å². The van der Waals surface area contributed by atoms with E-state index in [1.807, 2.05) is 6.07 Å². The highest BCUT2D eigenvalue weighted by Gasteiger charge is 2.25. The summed E-state index contributed by atoms with van der Waals surface area (Å²) in [5.41, 5.74) is 2.43. The van der Waals surface area contributed by atoms with Crippen molar-refractivity contribution >= 4 is 23.2 Å². The van der Waals surface area contributed by atoms with Gasteiger partial charge in [0, 0.05) is 24.5 Å². The van der Waals surface area contributed by atoms with Crippen molar-refractivity contribution in [3.05, 3.63) is 52.8 Å². The lowest BCUT2D eigenvalue weighted by Gasteiger charge is -2.17. The van der Waals surface area contributed by atoms with Crippen LogP contribution in [0.25, 0.3) is 0 Å². The normalized spacial score (nSPS) is 13.4. The van der Waals surface area contributed by atoms with Gasteiger partial charge in [0.1, 0.15) is 5.75 Å². The highest BCUT2D eigenvalue weighted by atomic mass is 35.5. The first-order valence-electron chi connectivity index (χ1n) is 5.90. The Balaban J connectivity index is 1.95. The average Bonchev–Trinajstić information content (AvgIpc) is 2.85. The number of aromatic hydroxyl groups is 1. The van der Waals surface area contributed by atoms with Crippen LogP contribution in [0, 0.1) is 0 Å². The number of anilines is 1. The number of phenols is 1. The van der Waals surface area contributed by atoms with E-state index in [9.17, 15) is 9.90 Å². The molecule has 1 aromatic carbocycles. The molecule has 1 aliphatic heterocycles. The maximum Gasteiger partial charge on any atom is 0.258 e. The maximum absolute atomic E-state index is 12.4. The van der Waals surface area contributed by atoms with Gasteiger partial charge in [-0.25, -0.2) is 0 Å². The lowest BCUT2D eigenvalue weighted by atomic mass is 10.2. The molecule has 0 bridgehead atoms. The molecular weight excluding hydrogens is 264 g/mol. The van der Waals surface area contributed by atoms with Crippen molar-refractivity contribution < 1.29 is 9.90 Å². The van der Waals surface area contributed by atoms with E-state index in [0.29, 0.717) is 12.1 Å². The van der Waals surface area contributed by atoms with Gasteiger partial charge < -0.3 is 10.0 Å². The predicted octanol–water partition coefficient (Wildman–Crippen LogP) is 2.64. The summed E-state index contributed by atoms with van der Waals surface area (Å²) in [5.74, 6) is -0.143. The number of phenolic OH excluding ortho intramolecular Hbond substituents is 1. The summed E-state index contributed by atoms with van der Waals surface area (Å²) in [4.78, 5) is 18.2. The first-order valence-corrected chi connectivity index (χ1v) is 6.28. The van der Waals surface area contributed by atoms with Gasteiger partial charge in [0.2, 0.25) is 0 Å². The second kappa shape index (κ2) is 4.55. The summed E-state index contributed by atoms with van der Waals surface area (Å²) in [5, 5.41) is 9.56. The number of amides is 1. The fraction of sp³-hybridized carbons (Fsp3) is 0.143. The lowest BCUT2D eigenvalue weighted by molar-refractivity contribution is 0.0989. The largest absolute Gasteiger partial charge is 0.506 e. The number of hydrogen-bond donors (Lipinski definition) is 1. The molecule has 0 saturated carbocycles. The molecule has 1 N–H and O–H groups in total. The van der Waals surface area contributed by atoms with Crippen molar-refractivity contribution in [2.24, 2.45) is 0 Å². The topological polar surface area (TPSA) is 53.4 Å². The zero-order valence-electron chi connectivity index (χ0n) is 10.0. The maximum atomic E-state index is 12.4. The number of rotatable bonds is 1. The molecule has 5 heteroatoms. The second-order valence-electron chi connectivity index (χ2n) is 4.38. The summed E-state index contributed by atoms with van der Waals surface area (Å²) >= 11 is 5.83. The molecule has 0 fully saturated rings. The second-order valence-corrected chi connectivity index (χ2v) is 4.78. The van der Waals surface area contributed by atoms with Gasteiger partial charge in [0.15, 0.2) is 0 Å². The van der Waals surface area contributed by atoms with Crippen LogP contribution in [0.5, 0.6) is 5.75 Å². The number of halogens is 1. The minimum atomic E-state index is -0.119. The molecule has 0 spiro atoms. The smallest absolute Gasteiger partial charge is 0.258 e. The number of aromatic nitrogens is 1. The summed E-state index contributed by atoms with van der Waals surface area (Å²) in [6, 6.07) is 6.32. The predicted molar refractivity (Wildman–Crippen MR) is 72.7 cm³/mol. The number of benzene rings is 1. The van der Waals surface area contributed by atoms with Crippen molar-refractivity contribution in [3.8, 4) is 5.75 Å². The molecule has 0 aliphatic carbocycles. The fourth-order valence-electron chi connectivity index (χ4n) is 2.24. The number of carbonyl (C=O) groups is 1. The van der Waals surface area contributed by atoms with Crippen LogP contribution < -0.4 is 4.90 Å². The Morgan fingerprint density at radius 1 is 1.37 bits per heavy atom. The van der Waals surface area contributed by atoms with Gasteiger partial charge in [0.25, 0.3) is 5.91 Å². The molecule has 2 aromatic rings. The third-order valence-electron chi connectivity index (χ3n) is 3.21. The van der Waals surface area contributed by atoms with Crippen LogP contribution in [0.15, 0.2) is 36.7 Å². The van der Waals surface area contributed by atoms with Gasteiger partial charge in [0.05, 0.1) is 10.7 Å². The minimum Gasteiger partial charge on any atom is -0.506 e. The zero-order valence-corrected chi connectivity index (χ0v) is 10.8. The number of nitrogens with zero attached hydrogens (tertiary/aromatic N) is 2. The third-order valence-corrected chi connectivity index (χ3v) is 3.52. The van der Waals surface area contributed by atoms with E-state index < -0.39 is 0 Å². The highest BCUT2D eigenvalue weighted by molar-refractivity contribution is 6.32. The Bertz CT molecular complexity index is 658. The Kier molecular flexibility index (Phi) is 2.87. The minimum absolute atomic E-state index is 0.0239. The summed E-state index contributed by atoms with van der Waals surface area (Å²) in [6.07, 6.45) is 4.27. The third kappa shape index (κ3) is 2.04. The van der Waals surface area contributed by atoms with Crippen molar-refractivity contribution in [2.45, 2.75) is 6.42 Å². The molecule has 2 heterocycles. The van der Waals surface area contributed by atoms with Crippen LogP contribution in [-0.4, -0.2) is 22.5 Å². The summed E-state index contributed by atoms with van der Waals surface area (Å²) in [7, 11) is 0. The van der Waals surface area contributed by atoms with E-state index in [0.717, 1.165) is 17.7 Å². The first kappa shape index (κ1) is 12.0. The van der Waals surface area contributed by atoms with E-state index in [1.54, 1.807) is 23.4 Å². The van der Waals surface area contributed by atoms with E-state index in [4.69, 9.17) is 11.6 Å². The van der Waals surface area contributed by atoms with Crippen molar-refractivity contribution in [1.29, 1.82) is 0 Å². The Labute approximate surface area is 115 Å². The van der Waals surface area contributed by atoms with Crippen LogP contribution in [0.1, 0.15) is 15.9 Å². The molecule has 4 nitrogen and oxygen atoms in total. The van der Waals surface area contributed by atoms with Crippen molar-refractivity contribution in [1.82, 2.24) is 4.98 Å². The van der Waals surface area contributed by atoms with Gasteiger partial charge in [-0.15, -0.1) is 0 Å². The Morgan fingerprint density at radius 2 is 2.21 bits per heavy atom. The van der Waals surface area contributed by atoms with Gasteiger partial charge in [-0.3, -0.25) is 9.78 Å². The van der Waals surface area contributed by atoms with Crippen molar-refractivity contribution in [3.63, 3.8) is 0 Å². The Hall–Kier alpha value is -2.07. The first-order chi connectivity index (χ1) is 9.16. The lowest BCUT2D eigenvalue weighted by Crippen LogP contribution is -2.28. The molecule has 19 heavy (non-hydrogen) atoms. The fourth-order valence-corrected chi connectivity index (χ4v) is 2.42. The van der Waals surface area contributed by atoms with Gasteiger partial charge in [-0.1, -0.05) is 11.6 Å². The average molecular weight is 275 g/mol. The highest BCUT2D eigenvalue weighted by Crippen LogP contribution is 2.30. The van der Waals surface area contributed by atoms with Gasteiger partial charge in [-0.05, 0) is 36.2 Å². The molecule has 1 aromatic heterocycles. The molecule has 1 amide bonds. The van der Waals surface area contributed by atoms with Gasteiger partial charge >= 0.3 is 0 Å². The molecule has 0 atom stereocenters. The number of pyridine rings is 1. The van der Waals surface area contributed by atoms with Crippen LogP contribution >= 0.6 is 11.6 Å². The molecule has 0 saturated heterocycles. The van der Waals surface area contributed by atoms with Crippen LogP contribution in [0.4, 0.5) is 5.69 Å². The number of fused-ring (bicyclic) bond motifs is 1. The molecule has 0 unspecified atom stereocenters. The van der Waals surface area contributed by atoms with E-state index in [1.165, 1.54) is 12.1 Å². The monoisotopic (exact) mass is 274 g/mol. The van der Waals surface area contributed by atoms with E-state index in [2.05, 4.69) is 4.98 Å². The summed E-state index contributed by atoms with van der Waals surface area (Å²) in [6.45, 7) is 0.637. The SMILES string of the molecule is O=C(c1ccc(O)c(Cl)c1)N1CCc2cnccc21. The molecular formula is C14H11ClN2O2. The number of carbonyl (C=O) groups excluding carboxylic acids is 1. The molecule has 96 valence electrons. The standard InChI is InChI=1S/C14H11ClN2O2/c15-11-7-9(1-2-13(11)18)14(19)17-6-4-10-8-16-5-3-12(10)17/h1-3,5,7-8,18H,4,6H2. The zero-order chi connectivity index (χ0) is 13.4. The van der Waals surface area contributed by atoms with Crippen LogP contribution in [-0.2, 0) is 6.42 Å². The van der Waals surface area contributed by atoms with Crippen LogP contribution in [0.2, 0.25) is 5.02 Å². The Morgan fingerprint density at radius 3 is 3.00 bits per heavy atom.